The van der Waals surface area contributed by atoms with Gasteiger partial charge in [0.1, 0.15) is 12.4 Å². The number of nitrogens with one attached hydrogen (secondary N) is 1. The molecule has 3 N–H and O–H groups in total. The number of benzene rings is 2. The van der Waals surface area contributed by atoms with Crippen LogP contribution >= 0.6 is 0 Å². The van der Waals surface area contributed by atoms with Gasteiger partial charge in [0.2, 0.25) is 5.91 Å². The molecule has 0 aliphatic rings. The molecule has 1 amide bonds. The van der Waals surface area contributed by atoms with Gasteiger partial charge in [0.25, 0.3) is 0 Å². The van der Waals surface area contributed by atoms with E-state index in [1.165, 1.54) is 0 Å². The summed E-state index contributed by atoms with van der Waals surface area (Å²) in [6.07, 6.45) is 0.384. The summed E-state index contributed by atoms with van der Waals surface area (Å²) in [6, 6.07) is 15.2. The number of hydrogen-bond donors (Lipinski definition) is 2. The Labute approximate surface area is 124 Å². The minimum Gasteiger partial charge on any atom is -0.490 e. The molecule has 0 bridgehead atoms. The molecular weight excluding hydrogens is 264 g/mol. The zero-order valence-electron chi connectivity index (χ0n) is 12.1. The maximum Gasteiger partial charge on any atom is 0.224 e. The maximum absolute atomic E-state index is 11.8. The molecule has 0 fully saturated rings. The van der Waals surface area contributed by atoms with Crippen LogP contribution in [0.3, 0.4) is 0 Å². The van der Waals surface area contributed by atoms with Crippen LogP contribution in [-0.2, 0) is 11.2 Å². The van der Waals surface area contributed by atoms with Crippen LogP contribution < -0.4 is 15.8 Å². The Morgan fingerprint density at radius 2 is 2.00 bits per heavy atom. The molecule has 0 spiro atoms. The number of ether oxygens (including phenoxy) is 1. The van der Waals surface area contributed by atoms with Crippen molar-refractivity contribution in [1.29, 1.82) is 0 Å². The zero-order valence-corrected chi connectivity index (χ0v) is 12.1. The smallest absolute Gasteiger partial charge is 0.224 e. The monoisotopic (exact) mass is 284 g/mol. The molecule has 4 heteroatoms. The molecule has 0 atom stereocenters. The van der Waals surface area contributed by atoms with E-state index in [1.807, 2.05) is 49.4 Å². The number of anilines is 1. The molecular formula is C17H20N2O2. The summed E-state index contributed by atoms with van der Waals surface area (Å²) in [4.78, 5) is 11.8. The van der Waals surface area contributed by atoms with Crippen molar-refractivity contribution in [3.05, 3.63) is 59.7 Å². The van der Waals surface area contributed by atoms with E-state index in [-0.39, 0.29) is 5.91 Å². The summed E-state index contributed by atoms with van der Waals surface area (Å²) in [5.74, 6) is 0.635. The molecule has 2 rings (SSSR count). The van der Waals surface area contributed by atoms with E-state index in [2.05, 4.69) is 5.32 Å². The fourth-order valence-corrected chi connectivity index (χ4v) is 2.03. The van der Waals surface area contributed by atoms with E-state index in [0.29, 0.717) is 31.0 Å². The van der Waals surface area contributed by atoms with Gasteiger partial charge >= 0.3 is 0 Å². The Hall–Kier alpha value is -2.49. The van der Waals surface area contributed by atoms with Crippen molar-refractivity contribution in [2.75, 3.05) is 18.9 Å². The highest BCUT2D eigenvalue weighted by molar-refractivity contribution is 5.78. The Bertz CT molecular complexity index is 611. The van der Waals surface area contributed by atoms with E-state index in [4.69, 9.17) is 10.5 Å². The molecule has 0 radical (unpaired) electrons. The average molecular weight is 284 g/mol. The SMILES string of the molecule is Cc1cccc(CC(=O)NCCOc2ccccc2N)c1. The highest BCUT2D eigenvalue weighted by Crippen LogP contribution is 2.19. The van der Waals surface area contributed by atoms with Crippen LogP contribution in [-0.4, -0.2) is 19.1 Å². The predicted molar refractivity (Wildman–Crippen MR) is 84.2 cm³/mol. The first kappa shape index (κ1) is 14.9. The van der Waals surface area contributed by atoms with Crippen LogP contribution in [0.5, 0.6) is 5.75 Å². The van der Waals surface area contributed by atoms with Gasteiger partial charge in [0.05, 0.1) is 18.7 Å². The van der Waals surface area contributed by atoms with E-state index in [1.54, 1.807) is 6.07 Å². The van der Waals surface area contributed by atoms with Gasteiger partial charge in [-0.05, 0) is 24.6 Å². The van der Waals surface area contributed by atoms with E-state index < -0.39 is 0 Å². The van der Waals surface area contributed by atoms with Crippen molar-refractivity contribution >= 4 is 11.6 Å². The van der Waals surface area contributed by atoms with Crippen molar-refractivity contribution < 1.29 is 9.53 Å². The first-order chi connectivity index (χ1) is 10.1. The second kappa shape index (κ2) is 7.33. The number of hydrogen-bond acceptors (Lipinski definition) is 3. The molecule has 0 unspecified atom stereocenters. The van der Waals surface area contributed by atoms with Crippen molar-refractivity contribution in [3.63, 3.8) is 0 Å². The van der Waals surface area contributed by atoms with Crippen molar-refractivity contribution in [1.82, 2.24) is 5.32 Å². The Kier molecular flexibility index (Phi) is 5.21. The maximum atomic E-state index is 11.8. The fraction of sp³-hybridized carbons (Fsp3) is 0.235. The molecule has 0 aliphatic heterocycles. The van der Waals surface area contributed by atoms with Gasteiger partial charge in [-0.15, -0.1) is 0 Å². The van der Waals surface area contributed by atoms with E-state index in [9.17, 15) is 4.79 Å². The second-order valence-corrected chi connectivity index (χ2v) is 4.90. The predicted octanol–water partition coefficient (Wildman–Crippen LogP) is 2.31. The number of carbonyl (C=O) groups is 1. The normalized spacial score (nSPS) is 10.1. The summed E-state index contributed by atoms with van der Waals surface area (Å²) in [6.45, 7) is 2.87. The Morgan fingerprint density at radius 3 is 2.76 bits per heavy atom. The van der Waals surface area contributed by atoms with Gasteiger partial charge < -0.3 is 15.8 Å². The third kappa shape index (κ3) is 4.84. The number of amides is 1. The van der Waals surface area contributed by atoms with Gasteiger partial charge in [-0.1, -0.05) is 42.0 Å². The van der Waals surface area contributed by atoms with Crippen molar-refractivity contribution in [2.24, 2.45) is 0 Å². The molecule has 0 aromatic heterocycles. The number of nitrogen functional groups attached to an aromatic ring is 1. The molecule has 21 heavy (non-hydrogen) atoms. The Morgan fingerprint density at radius 1 is 1.19 bits per heavy atom. The van der Waals surface area contributed by atoms with Crippen LogP contribution in [0.2, 0.25) is 0 Å². The highest BCUT2D eigenvalue weighted by Gasteiger charge is 2.03. The molecule has 0 aliphatic carbocycles. The van der Waals surface area contributed by atoms with Crippen LogP contribution in [0.4, 0.5) is 5.69 Å². The highest BCUT2D eigenvalue weighted by atomic mass is 16.5. The number of nitrogens with two attached hydrogens (primary N) is 1. The van der Waals surface area contributed by atoms with E-state index >= 15 is 0 Å². The molecule has 0 saturated heterocycles. The Balaban J connectivity index is 1.71. The minimum atomic E-state index is -0.00904. The van der Waals surface area contributed by atoms with Crippen molar-refractivity contribution in [2.45, 2.75) is 13.3 Å². The van der Waals surface area contributed by atoms with Gasteiger partial charge in [0, 0.05) is 0 Å². The first-order valence-electron chi connectivity index (χ1n) is 6.94. The van der Waals surface area contributed by atoms with Gasteiger partial charge in [-0.25, -0.2) is 0 Å². The zero-order chi connectivity index (χ0) is 15.1. The summed E-state index contributed by atoms with van der Waals surface area (Å²) >= 11 is 0. The molecule has 0 saturated carbocycles. The second-order valence-electron chi connectivity index (χ2n) is 4.90. The van der Waals surface area contributed by atoms with Gasteiger partial charge in [-0.2, -0.15) is 0 Å². The lowest BCUT2D eigenvalue weighted by atomic mass is 10.1. The molecule has 2 aromatic rings. The number of carbonyl (C=O) groups excluding carboxylic acids is 1. The minimum absolute atomic E-state index is 0.00904. The molecule has 110 valence electrons. The first-order valence-corrected chi connectivity index (χ1v) is 6.94. The standard InChI is InChI=1S/C17H20N2O2/c1-13-5-4-6-14(11-13)12-17(20)19-9-10-21-16-8-3-2-7-15(16)18/h2-8,11H,9-10,12,18H2,1H3,(H,19,20). The lowest BCUT2D eigenvalue weighted by molar-refractivity contribution is -0.120. The average Bonchev–Trinajstić information content (AvgIpc) is 2.45. The molecule has 0 heterocycles. The third-order valence-electron chi connectivity index (χ3n) is 3.05. The van der Waals surface area contributed by atoms with Crippen molar-refractivity contribution in [3.8, 4) is 5.75 Å². The van der Waals surface area contributed by atoms with Gasteiger partial charge in [0.15, 0.2) is 0 Å². The van der Waals surface area contributed by atoms with E-state index in [0.717, 1.165) is 11.1 Å². The lowest BCUT2D eigenvalue weighted by Crippen LogP contribution is -2.29. The van der Waals surface area contributed by atoms with Crippen LogP contribution in [0.1, 0.15) is 11.1 Å². The summed E-state index contributed by atoms with van der Waals surface area (Å²) < 4.78 is 5.52. The van der Waals surface area contributed by atoms with Gasteiger partial charge in [-0.3, -0.25) is 4.79 Å². The lowest BCUT2D eigenvalue weighted by Gasteiger charge is -2.09. The third-order valence-corrected chi connectivity index (χ3v) is 3.05. The summed E-state index contributed by atoms with van der Waals surface area (Å²) in [5.41, 5.74) is 8.54. The van der Waals surface area contributed by atoms with Crippen LogP contribution in [0.15, 0.2) is 48.5 Å². The number of aryl methyl sites for hydroxylation is 1. The van der Waals surface area contributed by atoms with Crippen LogP contribution in [0, 0.1) is 6.92 Å². The summed E-state index contributed by atoms with van der Waals surface area (Å²) in [7, 11) is 0. The molecule has 2 aromatic carbocycles. The summed E-state index contributed by atoms with van der Waals surface area (Å²) in [5, 5.41) is 2.84. The fourth-order valence-electron chi connectivity index (χ4n) is 2.03. The topological polar surface area (TPSA) is 64.3 Å². The quantitative estimate of drug-likeness (QED) is 0.632. The number of rotatable bonds is 6. The molecule has 4 nitrogen and oxygen atoms in total. The largest absolute Gasteiger partial charge is 0.490 e. The van der Waals surface area contributed by atoms with Crippen LogP contribution in [0.25, 0.3) is 0 Å². The number of para-hydroxylation sites is 2.